The lowest BCUT2D eigenvalue weighted by molar-refractivity contribution is 0.435. The van der Waals surface area contributed by atoms with Gasteiger partial charge < -0.3 is 5.11 Å². The molecule has 1 aromatic rings. The Kier molecular flexibility index (Phi) is 4.02. The molecule has 0 amide bonds. The largest absolute Gasteiger partial charge is 0.508 e. The summed E-state index contributed by atoms with van der Waals surface area (Å²) in [5.74, 6) is 0.0623. The van der Waals surface area contributed by atoms with E-state index in [2.05, 4.69) is 0 Å². The van der Waals surface area contributed by atoms with E-state index in [1.54, 1.807) is 6.92 Å². The summed E-state index contributed by atoms with van der Waals surface area (Å²) in [6, 6.07) is 1.46. The van der Waals surface area contributed by atoms with Gasteiger partial charge in [-0.1, -0.05) is 41.5 Å². The molecule has 0 aliphatic carbocycles. The maximum Gasteiger partial charge on any atom is 0.295 e. The second-order valence-electron chi connectivity index (χ2n) is 7.25. The van der Waals surface area contributed by atoms with Crippen molar-refractivity contribution in [2.45, 2.75) is 64.2 Å². The molecule has 0 heterocycles. The molecule has 0 spiro atoms. The van der Waals surface area contributed by atoms with Crippen LogP contribution in [0.2, 0.25) is 0 Å². The van der Waals surface area contributed by atoms with Crippen LogP contribution >= 0.6 is 0 Å². The summed E-state index contributed by atoms with van der Waals surface area (Å²) in [5, 5.41) is 10.3. The number of phenolic OH excluding ortho intramolecular Hbond substituents is 1. The topological polar surface area (TPSA) is 74.6 Å². The van der Waals surface area contributed by atoms with Gasteiger partial charge in [0.25, 0.3) is 10.1 Å². The highest BCUT2D eigenvalue weighted by molar-refractivity contribution is 7.86. The fourth-order valence-electron chi connectivity index (χ4n) is 2.62. The summed E-state index contributed by atoms with van der Waals surface area (Å²) in [6.07, 6.45) is 0. The normalized spacial score (nSPS) is 13.6. The van der Waals surface area contributed by atoms with Gasteiger partial charge in [-0.15, -0.1) is 0 Å². The van der Waals surface area contributed by atoms with Crippen molar-refractivity contribution in [2.75, 3.05) is 0 Å². The van der Waals surface area contributed by atoms with Crippen LogP contribution in [0.25, 0.3) is 0 Å². The first kappa shape index (κ1) is 17.0. The summed E-state index contributed by atoms with van der Waals surface area (Å²) in [6.45, 7) is 12.8. The lowest BCUT2D eigenvalue weighted by Gasteiger charge is -2.29. The number of phenols is 1. The Morgan fingerprint density at radius 3 is 1.75 bits per heavy atom. The predicted molar refractivity (Wildman–Crippen MR) is 80.1 cm³/mol. The maximum atomic E-state index is 11.8. The van der Waals surface area contributed by atoms with Crippen LogP contribution < -0.4 is 0 Å². The van der Waals surface area contributed by atoms with Gasteiger partial charge in [-0.25, -0.2) is 0 Å². The van der Waals surface area contributed by atoms with Gasteiger partial charge in [-0.2, -0.15) is 8.42 Å². The average molecular weight is 300 g/mol. The standard InChI is InChI=1S/C15H24O4S/c1-9-12(15(5,6)7)11(16)8-10(14(2,3)4)13(9)20(17,18)19/h8,16H,1-7H3,(H,17,18,19). The average Bonchev–Trinajstić information content (AvgIpc) is 2.09. The summed E-state index contributed by atoms with van der Waals surface area (Å²) in [4.78, 5) is -0.0901. The zero-order chi connectivity index (χ0) is 16.1. The third kappa shape index (κ3) is 3.15. The van der Waals surface area contributed by atoms with Crippen LogP contribution in [0.1, 0.15) is 58.2 Å². The monoisotopic (exact) mass is 300 g/mol. The van der Waals surface area contributed by atoms with Crippen LogP contribution in [0.3, 0.4) is 0 Å². The zero-order valence-electron chi connectivity index (χ0n) is 13.2. The van der Waals surface area contributed by atoms with Crippen LogP contribution in [-0.2, 0) is 20.9 Å². The lowest BCUT2D eigenvalue weighted by atomic mass is 9.79. The second-order valence-corrected chi connectivity index (χ2v) is 8.61. The van der Waals surface area contributed by atoms with Crippen LogP contribution in [0.4, 0.5) is 0 Å². The van der Waals surface area contributed by atoms with Crippen molar-refractivity contribution >= 4 is 10.1 Å². The van der Waals surface area contributed by atoms with Crippen LogP contribution in [0.5, 0.6) is 5.75 Å². The summed E-state index contributed by atoms with van der Waals surface area (Å²) in [5.41, 5.74) is 0.430. The van der Waals surface area contributed by atoms with Crippen molar-refractivity contribution < 1.29 is 18.1 Å². The summed E-state index contributed by atoms with van der Waals surface area (Å²) >= 11 is 0. The smallest absolute Gasteiger partial charge is 0.295 e. The van der Waals surface area contributed by atoms with Crippen molar-refractivity contribution in [3.63, 3.8) is 0 Å². The van der Waals surface area contributed by atoms with E-state index in [0.717, 1.165) is 0 Å². The molecular formula is C15H24O4S. The van der Waals surface area contributed by atoms with E-state index in [-0.39, 0.29) is 10.6 Å². The van der Waals surface area contributed by atoms with Crippen molar-refractivity contribution in [2.24, 2.45) is 0 Å². The third-order valence-electron chi connectivity index (χ3n) is 3.31. The molecule has 0 aromatic heterocycles. The van der Waals surface area contributed by atoms with Gasteiger partial charge in [0.15, 0.2) is 0 Å². The fourth-order valence-corrected chi connectivity index (χ4v) is 3.75. The van der Waals surface area contributed by atoms with E-state index in [1.165, 1.54) is 6.07 Å². The number of benzene rings is 1. The minimum absolute atomic E-state index is 0.0623. The number of hydrogen-bond acceptors (Lipinski definition) is 3. The van der Waals surface area contributed by atoms with Gasteiger partial charge in [-0.3, -0.25) is 4.55 Å². The predicted octanol–water partition coefficient (Wildman–Crippen LogP) is 3.54. The molecule has 20 heavy (non-hydrogen) atoms. The van der Waals surface area contributed by atoms with Crippen molar-refractivity contribution in [3.8, 4) is 5.75 Å². The number of aromatic hydroxyl groups is 1. The molecular weight excluding hydrogens is 276 g/mol. The first-order valence-corrected chi connectivity index (χ1v) is 7.96. The number of rotatable bonds is 1. The fraction of sp³-hybridized carbons (Fsp3) is 0.600. The van der Waals surface area contributed by atoms with Gasteiger partial charge >= 0.3 is 0 Å². The van der Waals surface area contributed by atoms with Crippen LogP contribution in [-0.4, -0.2) is 18.1 Å². The Labute approximate surface area is 121 Å². The van der Waals surface area contributed by atoms with E-state index >= 15 is 0 Å². The van der Waals surface area contributed by atoms with Crippen LogP contribution in [0, 0.1) is 6.92 Å². The van der Waals surface area contributed by atoms with E-state index in [9.17, 15) is 18.1 Å². The Morgan fingerprint density at radius 1 is 1.00 bits per heavy atom. The molecule has 114 valence electrons. The summed E-state index contributed by atoms with van der Waals surface area (Å²) in [7, 11) is -4.36. The molecule has 0 radical (unpaired) electrons. The minimum atomic E-state index is -4.36. The van der Waals surface area contributed by atoms with Crippen molar-refractivity contribution in [1.82, 2.24) is 0 Å². The first-order chi connectivity index (χ1) is 8.67. The van der Waals surface area contributed by atoms with Gasteiger partial charge in [0.05, 0.1) is 0 Å². The minimum Gasteiger partial charge on any atom is -0.508 e. The van der Waals surface area contributed by atoms with Gasteiger partial charge in [0, 0.05) is 5.56 Å². The second kappa shape index (κ2) is 4.74. The molecule has 0 atom stereocenters. The molecule has 2 N–H and O–H groups in total. The van der Waals surface area contributed by atoms with E-state index in [0.29, 0.717) is 16.7 Å². The Bertz CT molecular complexity index is 629. The molecule has 4 nitrogen and oxygen atoms in total. The lowest BCUT2D eigenvalue weighted by Crippen LogP contribution is -2.22. The molecule has 1 rings (SSSR count). The summed E-state index contributed by atoms with van der Waals surface area (Å²) < 4.78 is 33.2. The molecule has 5 heteroatoms. The molecule has 0 aliphatic heterocycles. The van der Waals surface area contributed by atoms with E-state index in [1.807, 2.05) is 41.5 Å². The molecule has 0 bridgehead atoms. The van der Waals surface area contributed by atoms with Crippen molar-refractivity contribution in [3.05, 3.63) is 22.8 Å². The Hall–Kier alpha value is -1.07. The molecule has 0 unspecified atom stereocenters. The molecule has 0 fully saturated rings. The molecule has 0 saturated carbocycles. The highest BCUT2D eigenvalue weighted by Crippen LogP contribution is 2.41. The Morgan fingerprint density at radius 2 is 1.45 bits per heavy atom. The Balaban J connectivity index is 3.97. The van der Waals surface area contributed by atoms with E-state index in [4.69, 9.17) is 0 Å². The quantitative estimate of drug-likeness (QED) is 0.778. The van der Waals surface area contributed by atoms with E-state index < -0.39 is 20.9 Å². The molecule has 0 aliphatic rings. The van der Waals surface area contributed by atoms with Crippen molar-refractivity contribution in [1.29, 1.82) is 0 Å². The molecule has 1 aromatic carbocycles. The SMILES string of the molecule is Cc1c(C(C)(C)C)c(O)cc(C(C)(C)C)c1S(=O)(=O)O. The third-order valence-corrected chi connectivity index (χ3v) is 4.36. The maximum absolute atomic E-state index is 11.8. The van der Waals surface area contributed by atoms with Gasteiger partial charge in [-0.05, 0) is 34.9 Å². The first-order valence-electron chi connectivity index (χ1n) is 6.52. The molecule has 0 saturated heterocycles. The highest BCUT2D eigenvalue weighted by Gasteiger charge is 2.32. The highest BCUT2D eigenvalue weighted by atomic mass is 32.2. The van der Waals surface area contributed by atoms with Gasteiger partial charge in [0.2, 0.25) is 0 Å². The van der Waals surface area contributed by atoms with Crippen LogP contribution in [0.15, 0.2) is 11.0 Å². The zero-order valence-corrected chi connectivity index (χ0v) is 14.0. The van der Waals surface area contributed by atoms with Gasteiger partial charge in [0.1, 0.15) is 10.6 Å². The number of hydrogen-bond donors (Lipinski definition) is 2.